The van der Waals surface area contributed by atoms with Crippen molar-refractivity contribution in [3.63, 3.8) is 0 Å². The molecule has 3 nitrogen and oxygen atoms in total. The van der Waals surface area contributed by atoms with Gasteiger partial charge in [-0.15, -0.1) is 0 Å². The average Bonchev–Trinajstić information content (AvgIpc) is 2.41. The van der Waals surface area contributed by atoms with Crippen LogP contribution in [0.2, 0.25) is 0 Å². The van der Waals surface area contributed by atoms with E-state index in [2.05, 4.69) is 38.2 Å². The molecule has 1 atom stereocenters. The minimum Gasteiger partial charge on any atom is -0.496 e. The Morgan fingerprint density at radius 1 is 1.32 bits per heavy atom. The van der Waals surface area contributed by atoms with Crippen molar-refractivity contribution < 1.29 is 4.74 Å². The molecule has 0 radical (unpaired) electrons. The molecule has 0 aromatic heterocycles. The molecule has 0 fully saturated rings. The number of benzene rings is 1. The van der Waals surface area contributed by atoms with Crippen LogP contribution in [-0.2, 0) is 6.54 Å². The second-order valence-corrected chi connectivity index (χ2v) is 5.00. The lowest BCUT2D eigenvalue weighted by Gasteiger charge is -2.16. The Bertz CT molecular complexity index is 475. The van der Waals surface area contributed by atoms with Gasteiger partial charge in [0.15, 0.2) is 0 Å². The molecular weight excluding hydrogens is 236 g/mol. The van der Waals surface area contributed by atoms with Crippen molar-refractivity contribution in [2.75, 3.05) is 13.7 Å². The number of hydrogen-bond donors (Lipinski definition) is 1. The molecule has 0 amide bonds. The zero-order valence-electron chi connectivity index (χ0n) is 12.6. The quantitative estimate of drug-likeness (QED) is 0.854. The zero-order chi connectivity index (χ0) is 14.4. The lowest BCUT2D eigenvalue weighted by molar-refractivity contribution is 0.407. The third kappa shape index (κ3) is 3.71. The molecule has 0 saturated carbocycles. The van der Waals surface area contributed by atoms with Crippen LogP contribution in [-0.4, -0.2) is 13.7 Å². The Hall–Kier alpha value is -1.53. The van der Waals surface area contributed by atoms with E-state index >= 15 is 0 Å². The molecule has 1 aromatic rings. The summed E-state index contributed by atoms with van der Waals surface area (Å²) < 4.78 is 5.43. The van der Waals surface area contributed by atoms with Gasteiger partial charge in [0.1, 0.15) is 5.75 Å². The summed E-state index contributed by atoms with van der Waals surface area (Å²) >= 11 is 0. The van der Waals surface area contributed by atoms with Gasteiger partial charge in [0, 0.05) is 13.1 Å². The van der Waals surface area contributed by atoms with Crippen LogP contribution in [0.4, 0.5) is 0 Å². The number of methoxy groups -OCH3 is 1. The molecule has 19 heavy (non-hydrogen) atoms. The zero-order valence-corrected chi connectivity index (χ0v) is 12.6. The molecule has 0 aliphatic heterocycles. The van der Waals surface area contributed by atoms with Gasteiger partial charge in [0.2, 0.25) is 0 Å². The van der Waals surface area contributed by atoms with Crippen LogP contribution in [0.1, 0.15) is 35.6 Å². The van der Waals surface area contributed by atoms with E-state index in [4.69, 9.17) is 10.00 Å². The first-order chi connectivity index (χ1) is 9.04. The van der Waals surface area contributed by atoms with E-state index in [0.717, 1.165) is 30.8 Å². The summed E-state index contributed by atoms with van der Waals surface area (Å²) in [7, 11) is 1.71. The lowest BCUT2D eigenvalue weighted by atomic mass is 9.98. The number of nitrogens with one attached hydrogen (secondary N) is 1. The summed E-state index contributed by atoms with van der Waals surface area (Å²) in [5.74, 6) is 1.07. The normalized spacial score (nSPS) is 12.0. The lowest BCUT2D eigenvalue weighted by Crippen LogP contribution is -2.21. The van der Waals surface area contributed by atoms with Gasteiger partial charge in [0.05, 0.1) is 19.1 Å². The smallest absolute Gasteiger partial charge is 0.124 e. The Morgan fingerprint density at radius 2 is 2.00 bits per heavy atom. The Labute approximate surface area is 116 Å². The first-order valence-corrected chi connectivity index (χ1v) is 6.79. The number of aryl methyl sites for hydroxylation is 1. The van der Waals surface area contributed by atoms with Crippen molar-refractivity contribution >= 4 is 0 Å². The first-order valence-electron chi connectivity index (χ1n) is 6.79. The minimum atomic E-state index is 0.0979. The Balaban J connectivity index is 2.78. The van der Waals surface area contributed by atoms with Gasteiger partial charge in [0.25, 0.3) is 0 Å². The fourth-order valence-electron chi connectivity index (χ4n) is 2.30. The van der Waals surface area contributed by atoms with Crippen LogP contribution >= 0.6 is 0 Å². The summed E-state index contributed by atoms with van der Waals surface area (Å²) in [4.78, 5) is 0. The van der Waals surface area contributed by atoms with Crippen molar-refractivity contribution in [1.82, 2.24) is 5.32 Å². The number of rotatable bonds is 6. The maximum Gasteiger partial charge on any atom is 0.124 e. The number of hydrogen-bond acceptors (Lipinski definition) is 3. The summed E-state index contributed by atoms with van der Waals surface area (Å²) in [6, 6.07) is 4.48. The molecule has 1 aromatic carbocycles. The Morgan fingerprint density at radius 3 is 2.53 bits per heavy atom. The van der Waals surface area contributed by atoms with Crippen molar-refractivity contribution in [2.45, 2.75) is 40.7 Å². The number of ether oxygens (including phenoxy) is 1. The SMILES string of the molecule is CCC(C#N)CNCc1cc(C)c(OC)c(C)c1C. The van der Waals surface area contributed by atoms with Crippen molar-refractivity contribution in [3.8, 4) is 11.8 Å². The van der Waals surface area contributed by atoms with E-state index in [0.29, 0.717) is 0 Å². The molecule has 1 N–H and O–H groups in total. The third-order valence-corrected chi connectivity index (χ3v) is 3.72. The summed E-state index contributed by atoms with van der Waals surface area (Å²) in [6.45, 7) is 9.87. The maximum atomic E-state index is 8.93. The van der Waals surface area contributed by atoms with E-state index in [9.17, 15) is 0 Å². The second kappa shape index (κ2) is 7.16. The van der Waals surface area contributed by atoms with Crippen LogP contribution in [0.25, 0.3) is 0 Å². The maximum absolute atomic E-state index is 8.93. The molecule has 0 aliphatic rings. The van der Waals surface area contributed by atoms with Crippen LogP contribution in [0.3, 0.4) is 0 Å². The van der Waals surface area contributed by atoms with Crippen LogP contribution in [0, 0.1) is 38.0 Å². The summed E-state index contributed by atoms with van der Waals surface area (Å²) in [6.07, 6.45) is 0.892. The molecule has 1 rings (SSSR count). The van der Waals surface area contributed by atoms with E-state index in [-0.39, 0.29) is 5.92 Å². The van der Waals surface area contributed by atoms with E-state index in [1.165, 1.54) is 16.7 Å². The average molecular weight is 260 g/mol. The standard InChI is InChI=1S/C16H24N2O/c1-6-14(8-17)9-18-10-15-7-11(2)16(19-5)13(4)12(15)3/h7,14,18H,6,9-10H2,1-5H3. The predicted molar refractivity (Wildman–Crippen MR) is 78.3 cm³/mol. The number of nitrogens with zero attached hydrogens (tertiary/aromatic N) is 1. The molecule has 0 saturated heterocycles. The Kier molecular flexibility index (Phi) is 5.85. The van der Waals surface area contributed by atoms with E-state index < -0.39 is 0 Å². The highest BCUT2D eigenvalue weighted by molar-refractivity contribution is 5.48. The summed E-state index contributed by atoms with van der Waals surface area (Å²) in [5.41, 5.74) is 4.91. The topological polar surface area (TPSA) is 45.0 Å². The molecule has 1 unspecified atom stereocenters. The first kappa shape index (κ1) is 15.5. The fourth-order valence-corrected chi connectivity index (χ4v) is 2.30. The van der Waals surface area contributed by atoms with Crippen LogP contribution in [0.15, 0.2) is 6.07 Å². The highest BCUT2D eigenvalue weighted by Crippen LogP contribution is 2.28. The van der Waals surface area contributed by atoms with Gasteiger partial charge in [-0.2, -0.15) is 5.26 Å². The van der Waals surface area contributed by atoms with Gasteiger partial charge in [-0.25, -0.2) is 0 Å². The highest BCUT2D eigenvalue weighted by Gasteiger charge is 2.11. The molecule has 0 bridgehead atoms. The van der Waals surface area contributed by atoms with Crippen LogP contribution in [0.5, 0.6) is 5.75 Å². The van der Waals surface area contributed by atoms with Gasteiger partial charge >= 0.3 is 0 Å². The molecule has 3 heteroatoms. The second-order valence-electron chi connectivity index (χ2n) is 5.00. The fraction of sp³-hybridized carbons (Fsp3) is 0.562. The number of nitriles is 1. The van der Waals surface area contributed by atoms with Gasteiger partial charge in [-0.3, -0.25) is 0 Å². The molecule has 0 aliphatic carbocycles. The van der Waals surface area contributed by atoms with Gasteiger partial charge in [-0.05, 0) is 49.4 Å². The van der Waals surface area contributed by atoms with Crippen molar-refractivity contribution in [1.29, 1.82) is 5.26 Å². The van der Waals surface area contributed by atoms with E-state index in [1.807, 2.05) is 6.92 Å². The van der Waals surface area contributed by atoms with Gasteiger partial charge < -0.3 is 10.1 Å². The van der Waals surface area contributed by atoms with E-state index in [1.54, 1.807) is 7.11 Å². The third-order valence-electron chi connectivity index (χ3n) is 3.72. The minimum absolute atomic E-state index is 0.0979. The van der Waals surface area contributed by atoms with Gasteiger partial charge in [-0.1, -0.05) is 13.0 Å². The highest BCUT2D eigenvalue weighted by atomic mass is 16.5. The van der Waals surface area contributed by atoms with Crippen molar-refractivity contribution in [2.24, 2.45) is 5.92 Å². The molecule has 104 valence electrons. The van der Waals surface area contributed by atoms with Crippen molar-refractivity contribution in [3.05, 3.63) is 28.3 Å². The van der Waals surface area contributed by atoms with Crippen LogP contribution < -0.4 is 10.1 Å². The largest absolute Gasteiger partial charge is 0.496 e. The molecular formula is C16H24N2O. The predicted octanol–water partition coefficient (Wildman–Crippen LogP) is 3.26. The molecule has 0 spiro atoms. The monoisotopic (exact) mass is 260 g/mol. The molecule has 0 heterocycles. The summed E-state index contributed by atoms with van der Waals surface area (Å²) in [5, 5.41) is 12.3.